The number of fused-ring (bicyclic) bond motifs is 2. The van der Waals surface area contributed by atoms with Crippen LogP contribution in [0.5, 0.6) is 0 Å². The van der Waals surface area contributed by atoms with Crippen LogP contribution in [-0.2, 0) is 0 Å². The van der Waals surface area contributed by atoms with Gasteiger partial charge >= 0.3 is 0 Å². The highest BCUT2D eigenvalue weighted by atomic mass is 19.1. The van der Waals surface area contributed by atoms with Crippen molar-refractivity contribution in [3.8, 4) is 33.4 Å². The zero-order valence-electron chi connectivity index (χ0n) is 25.1. The molecule has 0 saturated heterocycles. The van der Waals surface area contributed by atoms with Crippen LogP contribution in [0.4, 0.5) is 21.5 Å². The molecule has 0 saturated carbocycles. The molecular weight excluding hydrogens is 561 g/mol. The molecule has 8 aromatic carbocycles. The minimum absolute atomic E-state index is 0.218. The Labute approximate surface area is 268 Å². The van der Waals surface area contributed by atoms with E-state index < -0.39 is 0 Å². The third-order valence-corrected chi connectivity index (χ3v) is 8.75. The molecule has 2 heteroatoms. The first-order chi connectivity index (χ1) is 22.7. The van der Waals surface area contributed by atoms with Crippen LogP contribution in [-0.4, -0.2) is 0 Å². The van der Waals surface area contributed by atoms with Gasteiger partial charge in [0.05, 0.1) is 5.69 Å². The van der Waals surface area contributed by atoms with E-state index in [0.717, 1.165) is 44.5 Å². The van der Waals surface area contributed by atoms with E-state index in [1.165, 1.54) is 28.0 Å². The van der Waals surface area contributed by atoms with E-state index in [9.17, 15) is 0 Å². The van der Waals surface area contributed by atoms with E-state index in [1.807, 2.05) is 30.3 Å². The van der Waals surface area contributed by atoms with Gasteiger partial charge in [-0.2, -0.15) is 0 Å². The monoisotopic (exact) mass is 591 g/mol. The summed E-state index contributed by atoms with van der Waals surface area (Å²) >= 11 is 0. The summed E-state index contributed by atoms with van der Waals surface area (Å²) < 4.78 is 15.0. The number of rotatable bonds is 6. The maximum Gasteiger partial charge on any atom is 0.131 e. The number of nitrogens with zero attached hydrogens (tertiary/aromatic N) is 1. The van der Waals surface area contributed by atoms with E-state index in [2.05, 4.69) is 144 Å². The van der Waals surface area contributed by atoms with Crippen LogP contribution in [0.2, 0.25) is 0 Å². The van der Waals surface area contributed by atoms with Crippen molar-refractivity contribution in [1.82, 2.24) is 0 Å². The lowest BCUT2D eigenvalue weighted by Crippen LogP contribution is -2.10. The fourth-order valence-electron chi connectivity index (χ4n) is 6.54. The van der Waals surface area contributed by atoms with E-state index in [0.29, 0.717) is 5.56 Å². The maximum atomic E-state index is 15.0. The van der Waals surface area contributed by atoms with Crippen molar-refractivity contribution < 1.29 is 4.39 Å². The first-order valence-corrected chi connectivity index (χ1v) is 15.5. The Bertz CT molecular complexity index is 2300. The van der Waals surface area contributed by atoms with Gasteiger partial charge in [-0.1, -0.05) is 146 Å². The van der Waals surface area contributed by atoms with E-state index >= 15 is 4.39 Å². The average Bonchev–Trinajstić information content (AvgIpc) is 3.13. The van der Waals surface area contributed by atoms with Gasteiger partial charge < -0.3 is 4.90 Å². The lowest BCUT2D eigenvalue weighted by Gasteiger charge is -2.27. The Morgan fingerprint density at radius 2 is 0.870 bits per heavy atom. The molecule has 0 amide bonds. The van der Waals surface area contributed by atoms with Gasteiger partial charge in [0.1, 0.15) is 5.82 Å². The number of anilines is 3. The van der Waals surface area contributed by atoms with Gasteiger partial charge in [-0.3, -0.25) is 0 Å². The van der Waals surface area contributed by atoms with Crippen LogP contribution >= 0.6 is 0 Å². The molecule has 0 aromatic heterocycles. The molecule has 0 spiro atoms. The van der Waals surface area contributed by atoms with Gasteiger partial charge in [0, 0.05) is 22.3 Å². The average molecular weight is 592 g/mol. The minimum Gasteiger partial charge on any atom is -0.310 e. The van der Waals surface area contributed by atoms with Gasteiger partial charge in [0.15, 0.2) is 0 Å². The van der Waals surface area contributed by atoms with E-state index in [1.54, 1.807) is 6.07 Å². The smallest absolute Gasteiger partial charge is 0.131 e. The number of hydrogen-bond donors (Lipinski definition) is 0. The lowest BCUT2D eigenvalue weighted by atomic mass is 9.91. The standard InChI is InChI=1S/C44H30FN/c45-42-21-7-6-18-40(42)41-20-9-16-35-15-8-19-39(44(35)41)34-25-29-37(30-26-34)46(43-22-10-14-33-13-4-5-17-38(33)43)36-27-23-32(24-28-36)31-11-2-1-3-12-31/h1-30H. The molecule has 0 fully saturated rings. The molecule has 0 aliphatic heterocycles. The Hall–Kier alpha value is -5.99. The van der Waals surface area contributed by atoms with Gasteiger partial charge in [-0.25, -0.2) is 4.39 Å². The zero-order chi connectivity index (χ0) is 30.9. The fourth-order valence-corrected chi connectivity index (χ4v) is 6.54. The normalized spacial score (nSPS) is 11.2. The van der Waals surface area contributed by atoms with Crippen LogP contribution in [0.1, 0.15) is 0 Å². The molecule has 0 atom stereocenters. The van der Waals surface area contributed by atoms with Crippen molar-refractivity contribution >= 4 is 38.6 Å². The van der Waals surface area contributed by atoms with Crippen molar-refractivity contribution in [2.75, 3.05) is 4.90 Å². The molecule has 0 bridgehead atoms. The zero-order valence-corrected chi connectivity index (χ0v) is 25.1. The summed E-state index contributed by atoms with van der Waals surface area (Å²) in [6.45, 7) is 0. The van der Waals surface area contributed by atoms with Gasteiger partial charge in [0.25, 0.3) is 0 Å². The van der Waals surface area contributed by atoms with E-state index in [4.69, 9.17) is 0 Å². The Morgan fingerprint density at radius 1 is 0.348 bits per heavy atom. The van der Waals surface area contributed by atoms with Gasteiger partial charge in [0.2, 0.25) is 0 Å². The second-order valence-corrected chi connectivity index (χ2v) is 11.5. The molecule has 8 aromatic rings. The number of hydrogen-bond acceptors (Lipinski definition) is 1. The predicted octanol–water partition coefficient (Wildman–Crippen LogP) is 12.6. The van der Waals surface area contributed by atoms with Crippen molar-refractivity contribution in [2.45, 2.75) is 0 Å². The summed E-state index contributed by atoms with van der Waals surface area (Å²) in [5, 5.41) is 4.51. The first kappa shape index (κ1) is 27.6. The quantitative estimate of drug-likeness (QED) is 0.186. The topological polar surface area (TPSA) is 3.24 Å². The van der Waals surface area contributed by atoms with Crippen LogP contribution in [0.25, 0.3) is 54.9 Å². The summed E-state index contributed by atoms with van der Waals surface area (Å²) in [6.07, 6.45) is 0. The summed E-state index contributed by atoms with van der Waals surface area (Å²) in [7, 11) is 0. The third-order valence-electron chi connectivity index (χ3n) is 8.75. The second kappa shape index (κ2) is 11.8. The Morgan fingerprint density at radius 3 is 1.61 bits per heavy atom. The molecule has 0 aliphatic carbocycles. The van der Waals surface area contributed by atoms with Crippen LogP contribution in [0.3, 0.4) is 0 Å². The van der Waals surface area contributed by atoms with Crippen LogP contribution in [0, 0.1) is 5.82 Å². The highest BCUT2D eigenvalue weighted by Crippen LogP contribution is 2.42. The molecule has 0 N–H and O–H groups in total. The van der Waals surface area contributed by atoms with Crippen molar-refractivity contribution in [3.63, 3.8) is 0 Å². The summed E-state index contributed by atoms with van der Waals surface area (Å²) in [5.74, 6) is -0.218. The molecule has 218 valence electrons. The fraction of sp³-hybridized carbons (Fsp3) is 0. The molecule has 0 aliphatic rings. The van der Waals surface area contributed by atoms with Crippen LogP contribution in [0.15, 0.2) is 182 Å². The molecule has 0 unspecified atom stereocenters. The molecule has 0 heterocycles. The highest BCUT2D eigenvalue weighted by molar-refractivity contribution is 6.07. The SMILES string of the molecule is Fc1ccccc1-c1cccc2cccc(-c3ccc(N(c4ccc(-c5ccccc5)cc4)c4cccc5ccccc45)cc3)c12. The molecule has 8 rings (SSSR count). The summed E-state index contributed by atoms with van der Waals surface area (Å²) in [5.41, 5.74) is 9.29. The van der Waals surface area contributed by atoms with Crippen molar-refractivity contribution in [1.29, 1.82) is 0 Å². The van der Waals surface area contributed by atoms with Gasteiger partial charge in [-0.15, -0.1) is 0 Å². The van der Waals surface area contributed by atoms with Crippen molar-refractivity contribution in [2.24, 2.45) is 0 Å². The third kappa shape index (κ3) is 5.00. The Kier molecular flexibility index (Phi) is 7.09. The van der Waals surface area contributed by atoms with Crippen molar-refractivity contribution in [3.05, 3.63) is 188 Å². The summed E-state index contributed by atoms with van der Waals surface area (Å²) in [6, 6.07) is 62.4. The summed E-state index contributed by atoms with van der Waals surface area (Å²) in [4.78, 5) is 2.33. The minimum atomic E-state index is -0.218. The highest BCUT2D eigenvalue weighted by Gasteiger charge is 2.17. The molecule has 1 nitrogen and oxygen atoms in total. The first-order valence-electron chi connectivity index (χ1n) is 15.5. The predicted molar refractivity (Wildman–Crippen MR) is 192 cm³/mol. The largest absolute Gasteiger partial charge is 0.310 e. The number of halogens is 1. The second-order valence-electron chi connectivity index (χ2n) is 11.5. The molecular formula is C44H30FN. The number of benzene rings is 8. The van der Waals surface area contributed by atoms with Crippen LogP contribution < -0.4 is 4.90 Å². The lowest BCUT2D eigenvalue weighted by molar-refractivity contribution is 0.631. The Balaban J connectivity index is 1.26. The van der Waals surface area contributed by atoms with E-state index in [-0.39, 0.29) is 5.82 Å². The van der Waals surface area contributed by atoms with Gasteiger partial charge in [-0.05, 0) is 80.4 Å². The maximum absolute atomic E-state index is 15.0. The molecule has 0 radical (unpaired) electrons. The molecule has 46 heavy (non-hydrogen) atoms.